The number of nitrogen functional groups attached to an aromatic ring is 1. The summed E-state index contributed by atoms with van der Waals surface area (Å²) in [5.41, 5.74) is 7.86. The molecule has 4 nitrogen and oxygen atoms in total. The fraction of sp³-hybridized carbons (Fsp3) is 0.0667. The van der Waals surface area contributed by atoms with E-state index in [-0.39, 0.29) is 0 Å². The van der Waals surface area contributed by atoms with E-state index in [1.165, 1.54) is 0 Å². The minimum absolute atomic E-state index is 0.508. The Balaban J connectivity index is 2.21. The summed E-state index contributed by atoms with van der Waals surface area (Å²) in [4.78, 5) is 8.36. The third kappa shape index (κ3) is 2.20. The summed E-state index contributed by atoms with van der Waals surface area (Å²) in [6, 6.07) is 9.94. The molecule has 2 N–H and O–H groups in total. The van der Waals surface area contributed by atoms with Crippen LogP contribution in [0.1, 0.15) is 0 Å². The van der Waals surface area contributed by atoms with Gasteiger partial charge in [-0.15, -0.1) is 0 Å². The first-order valence-corrected chi connectivity index (χ1v) is 6.82. The molecule has 0 amide bonds. The van der Waals surface area contributed by atoms with Gasteiger partial charge in [0.05, 0.1) is 7.11 Å². The van der Waals surface area contributed by atoms with Crippen molar-refractivity contribution in [2.45, 2.75) is 0 Å². The van der Waals surface area contributed by atoms with Gasteiger partial charge in [-0.1, -0.05) is 6.07 Å². The number of benzene rings is 1. The Labute approximate surface area is 124 Å². The number of hydrogen-bond donors (Lipinski definition) is 1. The molecule has 0 saturated heterocycles. The van der Waals surface area contributed by atoms with Gasteiger partial charge >= 0.3 is 0 Å². The van der Waals surface area contributed by atoms with Crippen LogP contribution in [-0.2, 0) is 0 Å². The Morgan fingerprint density at radius 3 is 2.80 bits per heavy atom. The lowest BCUT2D eigenvalue weighted by molar-refractivity contribution is 0.403. The molecule has 5 heteroatoms. The smallest absolute Gasteiger partial charge is 0.221 e. The lowest BCUT2D eigenvalue weighted by atomic mass is 10.0. The highest BCUT2D eigenvalue weighted by Gasteiger charge is 2.08. The zero-order valence-corrected chi connectivity index (χ0v) is 12.4. The van der Waals surface area contributed by atoms with E-state index >= 15 is 0 Å². The maximum Gasteiger partial charge on any atom is 0.221 e. The molecule has 0 aliphatic carbocycles. The van der Waals surface area contributed by atoms with Crippen molar-refractivity contribution in [2.24, 2.45) is 0 Å². The van der Waals surface area contributed by atoms with Crippen LogP contribution in [0.2, 0.25) is 0 Å². The van der Waals surface area contributed by atoms with Gasteiger partial charge in [0.25, 0.3) is 0 Å². The van der Waals surface area contributed by atoms with Crippen molar-refractivity contribution in [1.29, 1.82) is 0 Å². The predicted octanol–water partition coefficient (Wildman–Crippen LogP) is 3.65. The van der Waals surface area contributed by atoms with Crippen LogP contribution in [0, 0.1) is 0 Å². The van der Waals surface area contributed by atoms with Gasteiger partial charge in [0.15, 0.2) is 0 Å². The van der Waals surface area contributed by atoms with Crippen LogP contribution < -0.4 is 10.5 Å². The van der Waals surface area contributed by atoms with Gasteiger partial charge in [0, 0.05) is 27.8 Å². The number of methoxy groups -OCH3 is 1. The molecule has 3 aromatic rings. The molecule has 3 rings (SSSR count). The minimum Gasteiger partial charge on any atom is -0.481 e. The monoisotopic (exact) mass is 329 g/mol. The molecule has 0 unspecified atom stereocenters. The van der Waals surface area contributed by atoms with Crippen molar-refractivity contribution in [2.75, 3.05) is 12.8 Å². The first-order valence-electron chi connectivity index (χ1n) is 6.03. The molecule has 20 heavy (non-hydrogen) atoms. The lowest BCUT2D eigenvalue weighted by Crippen LogP contribution is -1.94. The summed E-state index contributed by atoms with van der Waals surface area (Å²) in [6.07, 6.45) is 3.42. The van der Waals surface area contributed by atoms with Gasteiger partial charge < -0.3 is 10.5 Å². The minimum atomic E-state index is 0.508. The van der Waals surface area contributed by atoms with Crippen LogP contribution in [0.3, 0.4) is 0 Å². The third-order valence-corrected chi connectivity index (χ3v) is 3.55. The quantitative estimate of drug-likeness (QED) is 0.779. The zero-order valence-electron chi connectivity index (χ0n) is 10.8. The molecule has 100 valence electrons. The lowest BCUT2D eigenvalue weighted by Gasteiger charge is -2.08. The fourth-order valence-corrected chi connectivity index (χ4v) is 2.49. The van der Waals surface area contributed by atoms with Gasteiger partial charge in [-0.25, -0.2) is 9.97 Å². The second kappa shape index (κ2) is 5.09. The standard InChI is InChI=1S/C15H12BrN3O/c1-20-15-12-3-2-9(6-10(12)4-5-18-15)13-7-11(16)8-19-14(13)17/h2-8H,1H3,(H2,17,19). The van der Waals surface area contributed by atoms with Crippen molar-refractivity contribution in [3.8, 4) is 17.0 Å². The van der Waals surface area contributed by atoms with E-state index in [2.05, 4.69) is 32.0 Å². The number of ether oxygens (including phenoxy) is 1. The second-order valence-electron chi connectivity index (χ2n) is 4.34. The molecule has 2 aromatic heterocycles. The Bertz CT molecular complexity index is 789. The van der Waals surface area contributed by atoms with Crippen LogP contribution in [0.25, 0.3) is 21.9 Å². The van der Waals surface area contributed by atoms with Gasteiger partial charge in [0.2, 0.25) is 5.88 Å². The molecule has 0 aliphatic rings. The number of pyridine rings is 2. The molecule has 0 aliphatic heterocycles. The summed E-state index contributed by atoms with van der Waals surface area (Å²) in [5.74, 6) is 1.13. The second-order valence-corrected chi connectivity index (χ2v) is 5.26. The largest absolute Gasteiger partial charge is 0.481 e. The van der Waals surface area contributed by atoms with Crippen molar-refractivity contribution in [3.63, 3.8) is 0 Å². The molecular weight excluding hydrogens is 318 g/mol. The topological polar surface area (TPSA) is 61.0 Å². The molecule has 0 atom stereocenters. The van der Waals surface area contributed by atoms with Gasteiger partial charge in [0.1, 0.15) is 5.82 Å². The first kappa shape index (κ1) is 12.9. The average molecular weight is 330 g/mol. The van der Waals surface area contributed by atoms with Gasteiger partial charge in [-0.05, 0) is 51.1 Å². The zero-order chi connectivity index (χ0) is 14.1. The van der Waals surface area contributed by atoms with Crippen molar-refractivity contribution in [3.05, 3.63) is 47.2 Å². The highest BCUT2D eigenvalue weighted by molar-refractivity contribution is 9.10. The molecule has 0 spiro atoms. The predicted molar refractivity (Wildman–Crippen MR) is 83.6 cm³/mol. The summed E-state index contributed by atoms with van der Waals surface area (Å²) < 4.78 is 6.16. The summed E-state index contributed by atoms with van der Waals surface area (Å²) in [5, 5.41) is 2.02. The number of anilines is 1. The number of aromatic nitrogens is 2. The normalized spacial score (nSPS) is 10.7. The number of fused-ring (bicyclic) bond motifs is 1. The van der Waals surface area contributed by atoms with E-state index < -0.39 is 0 Å². The molecule has 0 saturated carbocycles. The van der Waals surface area contributed by atoms with E-state index in [0.29, 0.717) is 11.7 Å². The Hall–Kier alpha value is -2.14. The SMILES string of the molecule is COc1nccc2cc(-c3cc(Br)cnc3N)ccc12. The number of rotatable bonds is 2. The van der Waals surface area contributed by atoms with Crippen molar-refractivity contribution in [1.82, 2.24) is 9.97 Å². The van der Waals surface area contributed by atoms with Crippen LogP contribution >= 0.6 is 15.9 Å². The summed E-state index contributed by atoms with van der Waals surface area (Å²) in [6.45, 7) is 0. The molecule has 0 bridgehead atoms. The summed E-state index contributed by atoms with van der Waals surface area (Å²) in [7, 11) is 1.62. The van der Waals surface area contributed by atoms with E-state index in [1.807, 2.05) is 24.3 Å². The Morgan fingerprint density at radius 2 is 2.00 bits per heavy atom. The highest BCUT2D eigenvalue weighted by Crippen LogP contribution is 2.31. The molecular formula is C15H12BrN3O. The van der Waals surface area contributed by atoms with Crippen LogP contribution in [-0.4, -0.2) is 17.1 Å². The number of nitrogens with two attached hydrogens (primary N) is 1. The maximum atomic E-state index is 5.95. The molecule has 0 fully saturated rings. The van der Waals surface area contributed by atoms with Gasteiger partial charge in [-0.2, -0.15) is 0 Å². The number of hydrogen-bond acceptors (Lipinski definition) is 4. The Morgan fingerprint density at radius 1 is 1.15 bits per heavy atom. The molecule has 0 radical (unpaired) electrons. The summed E-state index contributed by atoms with van der Waals surface area (Å²) >= 11 is 3.42. The first-order chi connectivity index (χ1) is 9.69. The third-order valence-electron chi connectivity index (χ3n) is 3.12. The molecule has 2 heterocycles. The number of halogens is 1. The van der Waals surface area contributed by atoms with E-state index in [1.54, 1.807) is 19.5 Å². The van der Waals surface area contributed by atoms with E-state index in [0.717, 1.165) is 26.4 Å². The average Bonchev–Trinajstić information content (AvgIpc) is 2.48. The van der Waals surface area contributed by atoms with Crippen LogP contribution in [0.5, 0.6) is 5.88 Å². The van der Waals surface area contributed by atoms with Crippen LogP contribution in [0.4, 0.5) is 5.82 Å². The van der Waals surface area contributed by atoms with E-state index in [9.17, 15) is 0 Å². The van der Waals surface area contributed by atoms with Crippen molar-refractivity contribution < 1.29 is 4.74 Å². The van der Waals surface area contributed by atoms with Gasteiger partial charge in [-0.3, -0.25) is 0 Å². The highest BCUT2D eigenvalue weighted by atomic mass is 79.9. The van der Waals surface area contributed by atoms with Crippen LogP contribution in [0.15, 0.2) is 47.2 Å². The molecule has 1 aromatic carbocycles. The number of nitrogens with zero attached hydrogens (tertiary/aromatic N) is 2. The van der Waals surface area contributed by atoms with Crippen molar-refractivity contribution >= 4 is 32.5 Å². The van der Waals surface area contributed by atoms with E-state index in [4.69, 9.17) is 10.5 Å². The fourth-order valence-electron chi connectivity index (χ4n) is 2.16. The maximum absolute atomic E-state index is 5.95. The Kier molecular flexibility index (Phi) is 3.28.